The standard InChI is InChI=1S/C64H68N14O19S5/c1-10-77(63(88)92-9)15-14-65-51(81)34-22-101-59(69-34)45-39(80)16-30-44(72-45)33-21-99-57(67-33)32-20-95-61(86)47-31-19-93-48(49(97-40-17-64(5,89)50(76(6)7)28(4)96-40)62(87)94-18-29-12-11-13-38(41(29)31)78(47)90)46(60-71-35(24-102-60)52(82)66-32)75-54(84)37-25-100-58(70-37)43(27(3)91-8)74-55(85)42(26(2)79)73-53(83)36-23-98-56(30)68-36/h11-13,16,21-26,28,32,40,42,46,48-50,79-80,89-90H,10,14-15,17-20H2,1-9H3,(H,65,81)(H,66,82)(H,73,83)(H,74,85)(H,75,84). The number of aromatic nitrogens is 7. The number of esters is 2. The number of rotatable bonds is 11. The third-order valence-electron chi connectivity index (χ3n) is 17.2. The van der Waals surface area contributed by atoms with Gasteiger partial charge in [0.2, 0.25) is 5.91 Å². The Balaban J connectivity index is 1.02. The van der Waals surface area contributed by atoms with Gasteiger partial charge in [0.15, 0.2) is 18.1 Å². The van der Waals surface area contributed by atoms with E-state index in [9.17, 15) is 39.7 Å². The molecule has 9 N–H and O–H groups in total. The van der Waals surface area contributed by atoms with E-state index in [0.29, 0.717) is 16.8 Å². The molecule has 1 fully saturated rings. The second-order valence-electron chi connectivity index (χ2n) is 24.3. The van der Waals surface area contributed by atoms with Crippen LogP contribution in [0.5, 0.6) is 5.75 Å². The molecule has 8 aromatic rings. The quantitative estimate of drug-likeness (QED) is 0.0357. The number of nitrogens with zero attached hydrogens (tertiary/aromatic N) is 9. The monoisotopic (exact) mass is 1500 g/mol. The number of likely N-dealkylation sites (N-methyl/N-ethyl adjacent to an activating group) is 2. The molecular formula is C64H68N14O19S5. The van der Waals surface area contributed by atoms with E-state index in [0.717, 1.165) is 56.7 Å². The predicted molar refractivity (Wildman–Crippen MR) is 366 cm³/mol. The van der Waals surface area contributed by atoms with Gasteiger partial charge < -0.3 is 90.1 Å². The lowest BCUT2D eigenvalue weighted by atomic mass is 9.85. The van der Waals surface area contributed by atoms with Gasteiger partial charge in [0.05, 0.1) is 50.2 Å². The molecule has 11 heterocycles. The number of carbonyl (C=O) groups excluding carboxylic acids is 8. The highest BCUT2D eigenvalue weighted by atomic mass is 32.1. The number of aliphatic hydroxyl groups is 2. The van der Waals surface area contributed by atoms with Crippen LogP contribution in [0.25, 0.3) is 49.3 Å². The number of fused-ring (bicyclic) bond motifs is 15. The number of cyclic esters (lactones) is 2. The first-order valence-electron chi connectivity index (χ1n) is 31.6. The van der Waals surface area contributed by atoms with Crippen molar-refractivity contribution < 1.29 is 92.0 Å². The van der Waals surface area contributed by atoms with Crippen LogP contribution in [-0.4, -0.2) is 215 Å². The number of aliphatic hydroxyl groups excluding tert-OH is 1. The molecule has 1 aromatic carbocycles. The third kappa shape index (κ3) is 14.5. The third-order valence-corrected chi connectivity index (χ3v) is 21.7. The number of allylic oxidation sites excluding steroid dienone is 1. The van der Waals surface area contributed by atoms with E-state index in [1.165, 1.54) is 66.6 Å². The van der Waals surface area contributed by atoms with Crippen LogP contribution in [0.2, 0.25) is 0 Å². The number of pyridine rings is 1. The predicted octanol–water partition coefficient (Wildman–Crippen LogP) is 4.98. The van der Waals surface area contributed by atoms with Crippen molar-refractivity contribution in [3.8, 4) is 38.4 Å². The summed E-state index contributed by atoms with van der Waals surface area (Å²) in [4.78, 5) is 146. The molecule has 4 aliphatic rings. The first-order valence-corrected chi connectivity index (χ1v) is 36.0. The van der Waals surface area contributed by atoms with Gasteiger partial charge in [-0.3, -0.25) is 24.0 Å². The number of hydrogen-bond acceptors (Lipinski definition) is 31. The van der Waals surface area contributed by atoms with Crippen molar-refractivity contribution >= 4 is 121 Å². The summed E-state index contributed by atoms with van der Waals surface area (Å²) < 4.78 is 43.1. The zero-order valence-electron chi connectivity index (χ0n) is 55.8. The molecule has 12 rings (SSSR count). The lowest BCUT2D eigenvalue weighted by molar-refractivity contribution is -0.280. The highest BCUT2D eigenvalue weighted by molar-refractivity contribution is 7.14. The minimum atomic E-state index is -1.92. The molecule has 0 spiro atoms. The Kier molecular flexibility index (Phi) is 21.2. The van der Waals surface area contributed by atoms with E-state index in [4.69, 9.17) is 48.1 Å². The topological polar surface area (TPSA) is 431 Å². The lowest BCUT2D eigenvalue weighted by Gasteiger charge is -2.48. The van der Waals surface area contributed by atoms with E-state index in [-0.39, 0.29) is 118 Å². The van der Waals surface area contributed by atoms with Gasteiger partial charge in [0, 0.05) is 69.5 Å². The van der Waals surface area contributed by atoms with Crippen LogP contribution in [0.1, 0.15) is 132 Å². The maximum Gasteiger partial charge on any atom is 0.409 e. The fourth-order valence-corrected chi connectivity index (χ4v) is 16.6. The molecule has 0 aliphatic carbocycles. The van der Waals surface area contributed by atoms with Gasteiger partial charge in [-0.1, -0.05) is 12.1 Å². The summed E-state index contributed by atoms with van der Waals surface area (Å²) in [7, 11) is 6.09. The van der Waals surface area contributed by atoms with Gasteiger partial charge in [-0.05, 0) is 66.4 Å². The van der Waals surface area contributed by atoms with Crippen molar-refractivity contribution in [2.75, 3.05) is 54.6 Å². The maximum atomic E-state index is 15.2. The van der Waals surface area contributed by atoms with E-state index in [1.807, 2.05) is 0 Å². The highest BCUT2D eigenvalue weighted by Gasteiger charge is 2.50. The maximum absolute atomic E-state index is 15.2. The number of ether oxygens (including phenoxy) is 7. The van der Waals surface area contributed by atoms with Crippen molar-refractivity contribution in [1.82, 2.24) is 71.0 Å². The Morgan fingerprint density at radius 3 is 2.23 bits per heavy atom. The summed E-state index contributed by atoms with van der Waals surface area (Å²) >= 11 is 4.59. The summed E-state index contributed by atoms with van der Waals surface area (Å²) in [5.41, 5.74) is -2.51. The number of aromatic hydroxyl groups is 1. The van der Waals surface area contributed by atoms with Crippen LogP contribution < -0.4 is 26.6 Å². The van der Waals surface area contributed by atoms with Gasteiger partial charge in [-0.15, -0.1) is 56.7 Å². The number of benzene rings is 1. The Labute approximate surface area is 599 Å². The Morgan fingerprint density at radius 2 is 1.51 bits per heavy atom. The molecule has 6 amide bonds. The smallest absolute Gasteiger partial charge is 0.409 e. The summed E-state index contributed by atoms with van der Waals surface area (Å²) in [5, 5.41) is 68.4. The zero-order valence-corrected chi connectivity index (χ0v) is 59.9. The van der Waals surface area contributed by atoms with Gasteiger partial charge in [-0.2, -0.15) is 4.73 Å². The number of methoxy groups -OCH3 is 2. The Bertz CT molecular complexity index is 4630. The zero-order chi connectivity index (χ0) is 72.7. The average Bonchev–Trinajstić information content (AvgIpc) is 1.63. The molecule has 10 atom stereocenters. The molecule has 538 valence electrons. The minimum Gasteiger partial charge on any atom is -0.506 e. The molecule has 38 heteroatoms. The molecular weight excluding hydrogens is 1430 g/mol. The molecule has 33 nitrogen and oxygen atoms in total. The lowest BCUT2D eigenvalue weighted by Crippen LogP contribution is -2.62. The average molecular weight is 1500 g/mol. The molecule has 7 aromatic heterocycles. The summed E-state index contributed by atoms with van der Waals surface area (Å²) in [5.74, 6) is -6.93. The highest BCUT2D eigenvalue weighted by Crippen LogP contribution is 2.43. The number of nitrogens with one attached hydrogen (secondary N) is 5. The van der Waals surface area contributed by atoms with Crippen LogP contribution in [0.15, 0.2) is 56.9 Å². The van der Waals surface area contributed by atoms with E-state index in [1.54, 1.807) is 57.3 Å². The Morgan fingerprint density at radius 1 is 0.833 bits per heavy atom. The largest absolute Gasteiger partial charge is 0.506 e. The van der Waals surface area contributed by atoms with Crippen molar-refractivity contribution in [2.45, 2.75) is 115 Å². The van der Waals surface area contributed by atoms with Crippen molar-refractivity contribution in [1.29, 1.82) is 0 Å². The fraction of sp³-hybridized carbons (Fsp3) is 0.406. The molecule has 102 heavy (non-hydrogen) atoms. The van der Waals surface area contributed by atoms with E-state index < -0.39 is 139 Å². The molecule has 10 unspecified atom stereocenters. The van der Waals surface area contributed by atoms with E-state index >= 15 is 19.2 Å². The first kappa shape index (κ1) is 72.3. The van der Waals surface area contributed by atoms with Crippen LogP contribution in [0.4, 0.5) is 4.79 Å². The second-order valence-corrected chi connectivity index (χ2v) is 28.7. The molecule has 0 saturated carbocycles. The fourth-order valence-electron chi connectivity index (χ4n) is 12.4. The van der Waals surface area contributed by atoms with Gasteiger partial charge >= 0.3 is 18.0 Å². The normalized spacial score (nSPS) is 23.5. The van der Waals surface area contributed by atoms with E-state index in [2.05, 4.69) is 41.5 Å². The molecule has 1 saturated heterocycles. The van der Waals surface area contributed by atoms with Crippen LogP contribution >= 0.6 is 56.7 Å². The molecule has 0 radical (unpaired) electrons. The Hall–Kier alpha value is -9.48. The van der Waals surface area contributed by atoms with Crippen LogP contribution in [0.3, 0.4) is 0 Å². The minimum absolute atomic E-state index is 0.00317. The first-order chi connectivity index (χ1) is 48.7. The number of amides is 6. The number of hydrogen-bond donors (Lipinski definition) is 9. The summed E-state index contributed by atoms with van der Waals surface area (Å²) in [6.45, 7) is 6.50. The van der Waals surface area contributed by atoms with Crippen molar-refractivity contribution in [3.05, 3.63) is 112 Å². The van der Waals surface area contributed by atoms with Crippen LogP contribution in [0, 0.1) is 0 Å². The molecule has 12 bridgehead atoms. The summed E-state index contributed by atoms with van der Waals surface area (Å²) in [6.07, 6.45) is -8.12. The number of carbonyl (C=O) groups is 8. The SMILES string of the molecule is CCN(CCNC(=O)c1csc(-c2nc3c(cc2O)-c2nc(cs2)C(=O)NC(C(C)O)C(=O)NC(=C(C)OC)c2nc(cs2)C(=O)NC2c4nc(cs4)C(=O)NC(COC(=O)c4c5c6c(cccc6n4O)COC(=O)C(OC4CC(C)(O)C(N(C)C)C(C)O4)C2OC5)c2nc-3cs2)n1)C(=O)OC. The summed E-state index contributed by atoms with van der Waals surface area (Å²) in [6, 6.07) is 0.712. The molecule has 4 aliphatic heterocycles. The van der Waals surface area contributed by atoms with Gasteiger partial charge in [0.25, 0.3) is 23.6 Å². The van der Waals surface area contributed by atoms with Gasteiger partial charge in [-0.25, -0.2) is 44.3 Å². The number of thiazole rings is 5. The van der Waals surface area contributed by atoms with Gasteiger partial charge in [0.1, 0.15) is 120 Å². The van der Waals surface area contributed by atoms with Crippen molar-refractivity contribution in [2.24, 2.45) is 0 Å². The van der Waals surface area contributed by atoms with Crippen LogP contribution in [-0.2, 0) is 56.0 Å². The second kappa shape index (κ2) is 29.8. The van der Waals surface area contributed by atoms with Crippen molar-refractivity contribution in [3.63, 3.8) is 0 Å².